The lowest BCUT2D eigenvalue weighted by Crippen LogP contribution is -2.18. The number of nitrogens with one attached hydrogen (secondary N) is 2. The number of aryl methyl sites for hydroxylation is 2. The highest BCUT2D eigenvalue weighted by Gasteiger charge is 2.06. The van der Waals surface area contributed by atoms with Crippen LogP contribution in [0.5, 0.6) is 5.75 Å². The number of H-pyrrole nitrogens is 1. The van der Waals surface area contributed by atoms with Crippen molar-refractivity contribution in [3.05, 3.63) is 93.2 Å². The second-order valence-corrected chi connectivity index (χ2v) is 6.84. The Morgan fingerprint density at radius 1 is 1.00 bits per heavy atom. The highest BCUT2D eigenvalue weighted by atomic mass is 16.5. The monoisotopic (exact) mass is 403 g/mol. The summed E-state index contributed by atoms with van der Waals surface area (Å²) in [6.07, 6.45) is 2.48. The molecule has 3 aromatic rings. The lowest BCUT2D eigenvalue weighted by Gasteiger charge is -2.04. The number of aromatic amines is 1. The molecule has 0 spiro atoms. The summed E-state index contributed by atoms with van der Waals surface area (Å²) >= 11 is 0. The highest BCUT2D eigenvalue weighted by molar-refractivity contribution is 5.44. The first-order valence-corrected chi connectivity index (χ1v) is 9.81. The molecule has 0 saturated carbocycles. The van der Waals surface area contributed by atoms with E-state index >= 15 is 0 Å². The molecule has 3 rings (SSSR count). The summed E-state index contributed by atoms with van der Waals surface area (Å²) in [6, 6.07) is 16.1. The van der Waals surface area contributed by atoms with Crippen molar-refractivity contribution in [2.45, 2.75) is 19.4 Å². The number of aromatic hydroxyl groups is 1. The van der Waals surface area contributed by atoms with Gasteiger partial charge in [-0.2, -0.15) is 0 Å². The fourth-order valence-corrected chi connectivity index (χ4v) is 2.89. The topological polar surface area (TPSA) is 87.2 Å². The maximum atomic E-state index is 11.4. The van der Waals surface area contributed by atoms with Crippen LogP contribution in [-0.4, -0.2) is 35.3 Å². The molecular formula is C24H25N3O3. The molecule has 1 aromatic heterocycles. The van der Waals surface area contributed by atoms with Gasteiger partial charge in [0.15, 0.2) is 0 Å². The van der Waals surface area contributed by atoms with Gasteiger partial charge in [-0.1, -0.05) is 36.1 Å². The summed E-state index contributed by atoms with van der Waals surface area (Å²) < 4.78 is 5.02. The molecular weight excluding hydrogens is 378 g/mol. The Balaban J connectivity index is 1.54. The molecule has 0 fully saturated rings. The summed E-state index contributed by atoms with van der Waals surface area (Å²) in [5, 5.41) is 13.1. The standard InChI is InChI=1S/C24H25N3O3/c1-30-15-14-25-16-21-10-8-19(9-11-21)3-2-18-4-6-20(7-5-18)12-13-22-23(28)24(29)27-17-26-22/h4-11,17,25,28H,12-16H2,1H3,(H,26,27,29). The Morgan fingerprint density at radius 2 is 1.63 bits per heavy atom. The normalized spacial score (nSPS) is 10.4. The Bertz CT molecular complexity index is 1060. The molecule has 0 aliphatic carbocycles. The van der Waals surface area contributed by atoms with Gasteiger partial charge >= 0.3 is 0 Å². The first kappa shape index (κ1) is 21.3. The van der Waals surface area contributed by atoms with Crippen LogP contribution in [0, 0.1) is 11.8 Å². The highest BCUT2D eigenvalue weighted by Crippen LogP contribution is 2.12. The van der Waals surface area contributed by atoms with E-state index in [2.05, 4.69) is 39.3 Å². The Labute approximate surface area is 176 Å². The number of methoxy groups -OCH3 is 1. The van der Waals surface area contributed by atoms with Crippen molar-refractivity contribution in [3.8, 4) is 17.6 Å². The molecule has 0 atom stereocenters. The predicted octanol–water partition coefficient (Wildman–Crippen LogP) is 2.40. The van der Waals surface area contributed by atoms with Gasteiger partial charge in [0, 0.05) is 31.3 Å². The quantitative estimate of drug-likeness (QED) is 0.397. The molecule has 0 aliphatic heterocycles. The minimum absolute atomic E-state index is 0.309. The minimum atomic E-state index is -0.513. The largest absolute Gasteiger partial charge is 0.502 e. The lowest BCUT2D eigenvalue weighted by molar-refractivity contribution is 0.199. The zero-order chi connectivity index (χ0) is 21.2. The van der Waals surface area contributed by atoms with E-state index in [1.54, 1.807) is 7.11 Å². The van der Waals surface area contributed by atoms with Crippen LogP contribution in [0.25, 0.3) is 0 Å². The van der Waals surface area contributed by atoms with E-state index in [1.165, 1.54) is 11.9 Å². The molecule has 2 aromatic carbocycles. The number of aromatic nitrogens is 2. The van der Waals surface area contributed by atoms with E-state index in [-0.39, 0.29) is 5.75 Å². The van der Waals surface area contributed by atoms with Crippen LogP contribution in [0.4, 0.5) is 0 Å². The molecule has 3 N–H and O–H groups in total. The molecule has 0 bridgehead atoms. The van der Waals surface area contributed by atoms with Gasteiger partial charge in [0.1, 0.15) is 0 Å². The Kier molecular flexibility index (Phi) is 7.78. The number of hydrogen-bond acceptors (Lipinski definition) is 5. The first-order chi connectivity index (χ1) is 14.7. The average molecular weight is 403 g/mol. The fourth-order valence-electron chi connectivity index (χ4n) is 2.89. The molecule has 0 saturated heterocycles. The number of hydrogen-bond donors (Lipinski definition) is 3. The van der Waals surface area contributed by atoms with Gasteiger partial charge in [-0.05, 0) is 48.2 Å². The Morgan fingerprint density at radius 3 is 2.27 bits per heavy atom. The summed E-state index contributed by atoms with van der Waals surface area (Å²) in [5.74, 6) is 6.05. The summed E-state index contributed by atoms with van der Waals surface area (Å²) in [7, 11) is 1.69. The van der Waals surface area contributed by atoms with E-state index in [0.29, 0.717) is 25.1 Å². The van der Waals surface area contributed by atoms with Gasteiger partial charge in [-0.25, -0.2) is 4.98 Å². The molecule has 30 heavy (non-hydrogen) atoms. The van der Waals surface area contributed by atoms with E-state index in [1.807, 2.05) is 36.4 Å². The van der Waals surface area contributed by atoms with Crippen molar-refractivity contribution in [1.29, 1.82) is 0 Å². The number of benzene rings is 2. The van der Waals surface area contributed by atoms with Crippen LogP contribution in [0.2, 0.25) is 0 Å². The molecule has 154 valence electrons. The second-order valence-electron chi connectivity index (χ2n) is 6.84. The van der Waals surface area contributed by atoms with Gasteiger partial charge < -0.3 is 20.1 Å². The van der Waals surface area contributed by atoms with Crippen molar-refractivity contribution in [2.75, 3.05) is 20.3 Å². The third-order valence-electron chi connectivity index (χ3n) is 4.63. The molecule has 0 unspecified atom stereocenters. The SMILES string of the molecule is COCCNCc1ccc(C#Cc2ccc(CCc3nc[nH]c(=O)c3O)cc2)cc1. The van der Waals surface area contributed by atoms with E-state index in [4.69, 9.17) is 4.74 Å². The zero-order valence-electron chi connectivity index (χ0n) is 16.9. The van der Waals surface area contributed by atoms with Gasteiger partial charge in [0.05, 0.1) is 18.6 Å². The van der Waals surface area contributed by atoms with Crippen molar-refractivity contribution in [2.24, 2.45) is 0 Å². The maximum absolute atomic E-state index is 11.4. The number of rotatable bonds is 8. The average Bonchev–Trinajstić information content (AvgIpc) is 2.78. The van der Waals surface area contributed by atoms with Crippen LogP contribution in [0.3, 0.4) is 0 Å². The first-order valence-electron chi connectivity index (χ1n) is 9.81. The molecule has 0 radical (unpaired) electrons. The Hall–Kier alpha value is -3.40. The van der Waals surface area contributed by atoms with Crippen molar-refractivity contribution in [3.63, 3.8) is 0 Å². The third-order valence-corrected chi connectivity index (χ3v) is 4.63. The van der Waals surface area contributed by atoms with Crippen LogP contribution >= 0.6 is 0 Å². The summed E-state index contributed by atoms with van der Waals surface area (Å²) in [5.41, 5.74) is 4.09. The smallest absolute Gasteiger partial charge is 0.293 e. The van der Waals surface area contributed by atoms with Gasteiger partial charge in [0.2, 0.25) is 5.75 Å². The van der Waals surface area contributed by atoms with Crippen LogP contribution in [0.1, 0.15) is 27.9 Å². The van der Waals surface area contributed by atoms with E-state index < -0.39 is 5.56 Å². The molecule has 0 amide bonds. The lowest BCUT2D eigenvalue weighted by atomic mass is 10.1. The third kappa shape index (κ3) is 6.31. The fraction of sp³-hybridized carbons (Fsp3) is 0.250. The van der Waals surface area contributed by atoms with Gasteiger partial charge in [0.25, 0.3) is 5.56 Å². The van der Waals surface area contributed by atoms with Gasteiger partial charge in [-0.15, -0.1) is 0 Å². The molecule has 0 aliphatic rings. The number of nitrogens with zero attached hydrogens (tertiary/aromatic N) is 1. The van der Waals surface area contributed by atoms with Crippen molar-refractivity contribution >= 4 is 0 Å². The summed E-state index contributed by atoms with van der Waals surface area (Å²) in [6.45, 7) is 2.34. The van der Waals surface area contributed by atoms with Crippen LogP contribution in [-0.2, 0) is 24.1 Å². The van der Waals surface area contributed by atoms with Crippen LogP contribution in [0.15, 0.2) is 59.7 Å². The minimum Gasteiger partial charge on any atom is -0.502 e. The predicted molar refractivity (Wildman–Crippen MR) is 116 cm³/mol. The molecule has 6 heteroatoms. The molecule has 1 heterocycles. The number of ether oxygens (including phenoxy) is 1. The van der Waals surface area contributed by atoms with E-state index in [9.17, 15) is 9.90 Å². The van der Waals surface area contributed by atoms with Gasteiger partial charge in [-0.3, -0.25) is 4.79 Å². The van der Waals surface area contributed by atoms with E-state index in [0.717, 1.165) is 29.8 Å². The van der Waals surface area contributed by atoms with Crippen molar-refractivity contribution < 1.29 is 9.84 Å². The molecule has 6 nitrogen and oxygen atoms in total. The van der Waals surface area contributed by atoms with Crippen LogP contribution < -0.4 is 10.9 Å². The zero-order valence-corrected chi connectivity index (χ0v) is 16.9. The maximum Gasteiger partial charge on any atom is 0.293 e. The second kappa shape index (κ2) is 11.0. The summed E-state index contributed by atoms with van der Waals surface area (Å²) in [4.78, 5) is 17.8. The van der Waals surface area contributed by atoms with Crippen molar-refractivity contribution in [1.82, 2.24) is 15.3 Å².